The zero-order chi connectivity index (χ0) is 11.7. The van der Waals surface area contributed by atoms with Crippen molar-refractivity contribution >= 4 is 10.9 Å². The number of aromatic amines is 1. The van der Waals surface area contributed by atoms with Gasteiger partial charge in [0.25, 0.3) is 5.56 Å². The Hall–Kier alpha value is -0.714. The van der Waals surface area contributed by atoms with Crippen LogP contribution < -0.4 is 62.1 Å². The van der Waals surface area contributed by atoms with Crippen molar-refractivity contribution in [2.75, 3.05) is 0 Å². The fourth-order valence-electron chi connectivity index (χ4n) is 1.50. The Morgan fingerprint density at radius 3 is 2.88 bits per heavy atom. The molecule has 0 aromatic carbocycles. The Bertz CT molecular complexity index is 658. The van der Waals surface area contributed by atoms with Gasteiger partial charge in [-0.15, -0.1) is 0 Å². The van der Waals surface area contributed by atoms with Gasteiger partial charge in [-0.05, 0) is 17.9 Å². The molecule has 0 radical (unpaired) electrons. The van der Waals surface area contributed by atoms with Crippen LogP contribution in [0.1, 0.15) is 18.2 Å². The quantitative estimate of drug-likeness (QED) is 0.566. The fourth-order valence-corrected chi connectivity index (χ4v) is 1.50. The van der Waals surface area contributed by atoms with E-state index in [-0.39, 0.29) is 56.9 Å². The molecule has 0 aliphatic rings. The third-order valence-corrected chi connectivity index (χ3v) is 2.38. The van der Waals surface area contributed by atoms with Gasteiger partial charge in [0.1, 0.15) is 11.6 Å². The van der Waals surface area contributed by atoms with Crippen LogP contribution in [-0.4, -0.2) is 9.97 Å². The van der Waals surface area contributed by atoms with E-state index < -0.39 is 11.3 Å². The minimum absolute atomic E-state index is 0. The van der Waals surface area contributed by atoms with E-state index >= 15 is 0 Å². The van der Waals surface area contributed by atoms with Gasteiger partial charge in [-0.2, -0.15) is 5.26 Å². The van der Waals surface area contributed by atoms with Crippen molar-refractivity contribution in [1.82, 2.24) is 9.97 Å². The van der Waals surface area contributed by atoms with Crippen LogP contribution in [0.15, 0.2) is 17.1 Å². The third kappa shape index (κ3) is 2.59. The first-order valence-corrected chi connectivity index (χ1v) is 4.79. The minimum Gasteiger partial charge on any atom is -0.871 e. The number of fused-ring (bicyclic) bond motifs is 1. The summed E-state index contributed by atoms with van der Waals surface area (Å²) in [6, 6.07) is 3.22. The molecule has 0 aliphatic heterocycles. The van der Waals surface area contributed by atoms with Crippen molar-refractivity contribution in [3.8, 4) is 11.8 Å². The molecule has 0 amide bonds. The van der Waals surface area contributed by atoms with Crippen molar-refractivity contribution < 1.29 is 56.5 Å². The largest absolute Gasteiger partial charge is 1.00 e. The predicted octanol–water partition coefficient (Wildman–Crippen LogP) is -2.57. The van der Waals surface area contributed by atoms with Crippen LogP contribution in [0.4, 0.5) is 0 Å². The number of H-pyrrole nitrogens is 1. The molecule has 0 unspecified atom stereocenters. The minimum atomic E-state index is -0.661. The molecule has 0 atom stereocenters. The number of hydrogen-bond donors (Lipinski definition) is 1. The van der Waals surface area contributed by atoms with Crippen LogP contribution in [-0.2, 0) is 6.42 Å². The van der Waals surface area contributed by atoms with Gasteiger partial charge in [0.15, 0.2) is 0 Å². The zero-order valence-electron chi connectivity index (χ0n) is 9.57. The molecule has 2 aromatic rings. The number of nitrogens with one attached hydrogen (secondary N) is 1. The van der Waals surface area contributed by atoms with Gasteiger partial charge >= 0.3 is 51.4 Å². The monoisotopic (exact) mass is 253 g/mol. The molecule has 2 rings (SSSR count). The van der Waals surface area contributed by atoms with Crippen molar-refractivity contribution in [3.05, 3.63) is 33.9 Å². The van der Waals surface area contributed by atoms with Gasteiger partial charge < -0.3 is 10.1 Å². The van der Waals surface area contributed by atoms with E-state index in [0.29, 0.717) is 17.3 Å². The Morgan fingerprint density at radius 1 is 1.59 bits per heavy atom. The van der Waals surface area contributed by atoms with Gasteiger partial charge in [0.05, 0.1) is 11.7 Å². The second-order valence-electron chi connectivity index (χ2n) is 3.34. The van der Waals surface area contributed by atoms with E-state index in [1.807, 2.05) is 6.92 Å². The summed E-state index contributed by atoms with van der Waals surface area (Å²) in [6.45, 7) is 1.91. The molecule has 6 heteroatoms. The molecule has 0 fully saturated rings. The molecular formula is C11H8KN3O2. The Kier molecular flexibility index (Phi) is 4.86. The van der Waals surface area contributed by atoms with E-state index in [4.69, 9.17) is 5.26 Å². The maximum atomic E-state index is 11.8. The summed E-state index contributed by atoms with van der Waals surface area (Å²) < 4.78 is 0. The van der Waals surface area contributed by atoms with Crippen LogP contribution in [0.5, 0.6) is 5.75 Å². The molecule has 0 saturated heterocycles. The van der Waals surface area contributed by atoms with Crippen LogP contribution in [0, 0.1) is 11.3 Å². The number of pyridine rings is 2. The van der Waals surface area contributed by atoms with E-state index in [2.05, 4.69) is 9.97 Å². The van der Waals surface area contributed by atoms with Crippen LogP contribution in [0.2, 0.25) is 0 Å². The van der Waals surface area contributed by atoms with Gasteiger partial charge in [-0.3, -0.25) is 9.78 Å². The molecule has 5 nitrogen and oxygen atoms in total. The fraction of sp³-hybridized carbons (Fsp3) is 0.182. The molecule has 2 heterocycles. The maximum Gasteiger partial charge on any atom is 1.00 e. The van der Waals surface area contributed by atoms with Crippen molar-refractivity contribution in [2.45, 2.75) is 13.3 Å². The van der Waals surface area contributed by atoms with Crippen molar-refractivity contribution in [2.24, 2.45) is 0 Å². The zero-order valence-corrected chi connectivity index (χ0v) is 12.7. The standard InChI is InChI=1S/C11H9N3O2.K/c1-2-6-3-7-9(5-13-6)14-11(16)8(4-12)10(7)15;/h3,5H,2H2,1H3,(H2,14,15,16);/q;+1/p-1. The van der Waals surface area contributed by atoms with Gasteiger partial charge in [0, 0.05) is 5.69 Å². The average Bonchev–Trinajstić information content (AvgIpc) is 2.29. The van der Waals surface area contributed by atoms with Crippen molar-refractivity contribution in [1.29, 1.82) is 5.26 Å². The van der Waals surface area contributed by atoms with Gasteiger partial charge in [0.2, 0.25) is 0 Å². The van der Waals surface area contributed by atoms with Crippen LogP contribution >= 0.6 is 0 Å². The van der Waals surface area contributed by atoms with Crippen LogP contribution in [0.3, 0.4) is 0 Å². The van der Waals surface area contributed by atoms with E-state index in [1.165, 1.54) is 6.20 Å². The van der Waals surface area contributed by atoms with Crippen LogP contribution in [0.25, 0.3) is 10.9 Å². The SMILES string of the molecule is CCc1cc2c([O-])c(C#N)c(=O)[nH]c2cn1.[K+]. The number of nitrogens with zero attached hydrogens (tertiary/aromatic N) is 2. The van der Waals surface area contributed by atoms with Gasteiger partial charge in [-0.25, -0.2) is 0 Å². The summed E-state index contributed by atoms with van der Waals surface area (Å²) in [5.74, 6) is -0.529. The Labute approximate surface area is 140 Å². The molecule has 0 aliphatic carbocycles. The number of rotatable bonds is 1. The van der Waals surface area contributed by atoms with Gasteiger partial charge in [-0.1, -0.05) is 12.7 Å². The summed E-state index contributed by atoms with van der Waals surface area (Å²) in [4.78, 5) is 17.9. The smallest absolute Gasteiger partial charge is 0.871 e. The third-order valence-electron chi connectivity index (χ3n) is 2.38. The molecule has 2 aromatic heterocycles. The number of nitriles is 1. The molecule has 0 spiro atoms. The van der Waals surface area contributed by atoms with E-state index in [9.17, 15) is 9.90 Å². The molecule has 0 bridgehead atoms. The average molecular weight is 253 g/mol. The molecule has 0 saturated carbocycles. The number of aromatic nitrogens is 2. The first-order valence-electron chi connectivity index (χ1n) is 4.79. The second-order valence-corrected chi connectivity index (χ2v) is 3.34. The predicted molar refractivity (Wildman–Crippen MR) is 55.9 cm³/mol. The van der Waals surface area contributed by atoms with E-state index in [1.54, 1.807) is 12.1 Å². The number of hydrogen-bond acceptors (Lipinski definition) is 4. The summed E-state index contributed by atoms with van der Waals surface area (Å²) in [7, 11) is 0. The Balaban J connectivity index is 0.00000144. The molecule has 1 N–H and O–H groups in total. The summed E-state index contributed by atoms with van der Waals surface area (Å²) in [6.07, 6.45) is 2.13. The first-order chi connectivity index (χ1) is 7.67. The Morgan fingerprint density at radius 2 is 2.29 bits per heavy atom. The molecular weight excluding hydrogens is 245 g/mol. The molecule has 17 heavy (non-hydrogen) atoms. The van der Waals surface area contributed by atoms with Crippen molar-refractivity contribution in [3.63, 3.8) is 0 Å². The summed E-state index contributed by atoms with van der Waals surface area (Å²) in [5.41, 5.74) is 0.0820. The van der Waals surface area contributed by atoms with E-state index in [0.717, 1.165) is 5.69 Å². The first kappa shape index (κ1) is 14.3. The molecule has 80 valence electrons. The summed E-state index contributed by atoms with van der Waals surface area (Å²) >= 11 is 0. The topological polar surface area (TPSA) is 92.6 Å². The normalized spacial score (nSPS) is 9.65. The summed E-state index contributed by atoms with van der Waals surface area (Å²) in [5, 5.41) is 20.8. The number of aryl methyl sites for hydroxylation is 1. The second kappa shape index (κ2) is 5.75. The maximum absolute atomic E-state index is 11.8.